The molecule has 0 spiro atoms. The quantitative estimate of drug-likeness (QED) is 0.865. The number of hydrogen-bond donors (Lipinski definition) is 1. The van der Waals surface area contributed by atoms with E-state index < -0.39 is 12.0 Å². The number of hydrogen-bond acceptors (Lipinski definition) is 4. The molecule has 6 nitrogen and oxygen atoms in total. The van der Waals surface area contributed by atoms with Crippen molar-refractivity contribution in [2.45, 2.75) is 31.8 Å². The van der Waals surface area contributed by atoms with Crippen molar-refractivity contribution >= 4 is 17.5 Å². The largest absolute Gasteiger partial charge is 0.366 e. The average Bonchev–Trinajstić information content (AvgIpc) is 2.63. The number of carbonyl (C=O) groups is 2. The maximum absolute atomic E-state index is 13.3. The number of amides is 2. The molecule has 0 aliphatic carbocycles. The standard InChI is InChI=1S/C19H25F2N3O3/c1-14-2-4-15(5-3-14)22-17(25)13-23-10-11-27-16(12-23)18(26)24-8-6-19(20,21)7-9-24/h2-5,16H,6-13H2,1H3,(H,22,25). The van der Waals surface area contributed by atoms with E-state index in [4.69, 9.17) is 4.74 Å². The summed E-state index contributed by atoms with van der Waals surface area (Å²) < 4.78 is 32.1. The van der Waals surface area contributed by atoms with Crippen molar-refractivity contribution < 1.29 is 23.1 Å². The van der Waals surface area contributed by atoms with Crippen LogP contribution in [0.5, 0.6) is 0 Å². The first kappa shape index (κ1) is 19.7. The Morgan fingerprint density at radius 2 is 1.85 bits per heavy atom. The molecular formula is C19H25F2N3O3. The van der Waals surface area contributed by atoms with Crippen molar-refractivity contribution in [1.82, 2.24) is 9.80 Å². The molecule has 0 saturated carbocycles. The van der Waals surface area contributed by atoms with Crippen LogP contribution in [0.1, 0.15) is 18.4 Å². The van der Waals surface area contributed by atoms with E-state index in [0.29, 0.717) is 13.2 Å². The molecule has 1 unspecified atom stereocenters. The smallest absolute Gasteiger partial charge is 0.253 e. The van der Waals surface area contributed by atoms with Crippen molar-refractivity contribution in [2.24, 2.45) is 0 Å². The van der Waals surface area contributed by atoms with Crippen LogP contribution < -0.4 is 5.32 Å². The molecule has 8 heteroatoms. The molecule has 0 aromatic heterocycles. The van der Waals surface area contributed by atoms with Gasteiger partial charge in [0, 0.05) is 44.7 Å². The lowest BCUT2D eigenvalue weighted by molar-refractivity contribution is -0.155. The number of nitrogens with zero attached hydrogens (tertiary/aromatic N) is 2. The van der Waals surface area contributed by atoms with E-state index in [-0.39, 0.29) is 50.8 Å². The molecule has 2 saturated heterocycles. The SMILES string of the molecule is Cc1ccc(NC(=O)CN2CCOC(C(=O)N3CCC(F)(F)CC3)C2)cc1. The van der Waals surface area contributed by atoms with E-state index in [1.807, 2.05) is 36.1 Å². The fourth-order valence-electron chi connectivity index (χ4n) is 3.29. The molecule has 1 aromatic rings. The molecule has 3 rings (SSSR count). The van der Waals surface area contributed by atoms with Gasteiger partial charge < -0.3 is 15.0 Å². The highest BCUT2D eigenvalue weighted by Gasteiger charge is 2.38. The Kier molecular flexibility index (Phi) is 6.06. The fourth-order valence-corrected chi connectivity index (χ4v) is 3.29. The van der Waals surface area contributed by atoms with Gasteiger partial charge in [-0.15, -0.1) is 0 Å². The van der Waals surface area contributed by atoms with Crippen LogP contribution in [0.25, 0.3) is 0 Å². The molecule has 2 fully saturated rings. The van der Waals surface area contributed by atoms with Crippen LogP contribution >= 0.6 is 0 Å². The Bertz CT molecular complexity index is 671. The summed E-state index contributed by atoms with van der Waals surface area (Å²) in [7, 11) is 0. The minimum Gasteiger partial charge on any atom is -0.366 e. The van der Waals surface area contributed by atoms with Gasteiger partial charge in [0.05, 0.1) is 13.2 Å². The first-order valence-electron chi connectivity index (χ1n) is 9.19. The summed E-state index contributed by atoms with van der Waals surface area (Å²) in [5.74, 6) is -3.12. The fraction of sp³-hybridized carbons (Fsp3) is 0.579. The third kappa shape index (κ3) is 5.46. The number of alkyl halides is 2. The maximum atomic E-state index is 13.3. The second-order valence-corrected chi connectivity index (χ2v) is 7.19. The Labute approximate surface area is 157 Å². The second kappa shape index (κ2) is 8.31. The summed E-state index contributed by atoms with van der Waals surface area (Å²) in [5.41, 5.74) is 1.83. The molecular weight excluding hydrogens is 356 g/mol. The summed E-state index contributed by atoms with van der Waals surface area (Å²) in [6.07, 6.45) is -1.33. The minimum atomic E-state index is -2.69. The predicted molar refractivity (Wildman–Crippen MR) is 96.7 cm³/mol. The second-order valence-electron chi connectivity index (χ2n) is 7.19. The van der Waals surface area contributed by atoms with E-state index >= 15 is 0 Å². The van der Waals surface area contributed by atoms with Gasteiger partial charge in [-0.2, -0.15) is 0 Å². The molecule has 0 radical (unpaired) electrons. The van der Waals surface area contributed by atoms with Crippen molar-refractivity contribution in [3.05, 3.63) is 29.8 Å². The van der Waals surface area contributed by atoms with E-state index in [9.17, 15) is 18.4 Å². The monoisotopic (exact) mass is 381 g/mol. The highest BCUT2D eigenvalue weighted by Crippen LogP contribution is 2.28. The highest BCUT2D eigenvalue weighted by atomic mass is 19.3. The van der Waals surface area contributed by atoms with Gasteiger partial charge in [0.15, 0.2) is 0 Å². The predicted octanol–water partition coefficient (Wildman–Crippen LogP) is 1.89. The lowest BCUT2D eigenvalue weighted by Gasteiger charge is -2.37. The number of piperidine rings is 1. The number of ether oxygens (including phenoxy) is 1. The van der Waals surface area contributed by atoms with Crippen molar-refractivity contribution in [1.29, 1.82) is 0 Å². The summed E-state index contributed by atoms with van der Waals surface area (Å²) in [6.45, 7) is 3.37. The van der Waals surface area contributed by atoms with Crippen molar-refractivity contribution in [3.63, 3.8) is 0 Å². The summed E-state index contributed by atoms with van der Waals surface area (Å²) in [5, 5.41) is 2.83. The summed E-state index contributed by atoms with van der Waals surface area (Å²) >= 11 is 0. The van der Waals surface area contributed by atoms with Crippen LogP contribution in [0.4, 0.5) is 14.5 Å². The van der Waals surface area contributed by atoms with Gasteiger partial charge in [-0.05, 0) is 19.1 Å². The normalized spacial score (nSPS) is 23.1. The van der Waals surface area contributed by atoms with Crippen LogP contribution in [0.2, 0.25) is 0 Å². The van der Waals surface area contributed by atoms with E-state index in [0.717, 1.165) is 11.3 Å². The Morgan fingerprint density at radius 3 is 2.52 bits per heavy atom. The number of anilines is 1. The highest BCUT2D eigenvalue weighted by molar-refractivity contribution is 5.92. The summed E-state index contributed by atoms with van der Waals surface area (Å²) in [4.78, 5) is 28.1. The van der Waals surface area contributed by atoms with Gasteiger partial charge in [0.1, 0.15) is 6.10 Å². The molecule has 2 aliphatic heterocycles. The lowest BCUT2D eigenvalue weighted by atomic mass is 10.1. The van der Waals surface area contributed by atoms with Gasteiger partial charge in [-0.1, -0.05) is 17.7 Å². The number of halogens is 2. The number of nitrogens with one attached hydrogen (secondary N) is 1. The number of rotatable bonds is 4. The minimum absolute atomic E-state index is 0.0413. The number of likely N-dealkylation sites (tertiary alicyclic amines) is 1. The number of aryl methyl sites for hydroxylation is 1. The lowest BCUT2D eigenvalue weighted by Crippen LogP contribution is -2.54. The first-order valence-corrected chi connectivity index (χ1v) is 9.19. The van der Waals surface area contributed by atoms with Gasteiger partial charge in [0.25, 0.3) is 11.8 Å². The molecule has 2 amide bonds. The van der Waals surface area contributed by atoms with Gasteiger partial charge in [-0.3, -0.25) is 14.5 Å². The molecule has 1 aromatic carbocycles. The van der Waals surface area contributed by atoms with Crippen LogP contribution in [0, 0.1) is 6.92 Å². The van der Waals surface area contributed by atoms with Crippen molar-refractivity contribution in [3.8, 4) is 0 Å². The number of benzene rings is 1. The number of carbonyl (C=O) groups excluding carboxylic acids is 2. The molecule has 0 bridgehead atoms. The third-order valence-corrected chi connectivity index (χ3v) is 4.94. The average molecular weight is 381 g/mol. The molecule has 2 heterocycles. The van der Waals surface area contributed by atoms with Gasteiger partial charge in [0.2, 0.25) is 5.91 Å². The maximum Gasteiger partial charge on any atom is 0.253 e. The molecule has 1 N–H and O–H groups in total. The first-order chi connectivity index (χ1) is 12.8. The molecule has 27 heavy (non-hydrogen) atoms. The van der Waals surface area contributed by atoms with E-state index in [1.165, 1.54) is 4.90 Å². The Balaban J connectivity index is 1.49. The Morgan fingerprint density at radius 1 is 1.19 bits per heavy atom. The summed E-state index contributed by atoms with van der Waals surface area (Å²) in [6, 6.07) is 7.51. The zero-order valence-corrected chi connectivity index (χ0v) is 15.4. The van der Waals surface area contributed by atoms with Gasteiger partial charge >= 0.3 is 0 Å². The van der Waals surface area contributed by atoms with Crippen LogP contribution in [0.3, 0.4) is 0 Å². The van der Waals surface area contributed by atoms with Gasteiger partial charge in [-0.25, -0.2) is 8.78 Å². The molecule has 2 aliphatic rings. The third-order valence-electron chi connectivity index (χ3n) is 4.94. The molecule has 1 atom stereocenters. The van der Waals surface area contributed by atoms with E-state index in [1.54, 1.807) is 0 Å². The van der Waals surface area contributed by atoms with Crippen LogP contribution in [0.15, 0.2) is 24.3 Å². The Hall–Kier alpha value is -2.06. The zero-order valence-electron chi connectivity index (χ0n) is 15.4. The topological polar surface area (TPSA) is 61.9 Å². The molecule has 148 valence electrons. The zero-order chi connectivity index (χ0) is 19.4. The van der Waals surface area contributed by atoms with Crippen molar-refractivity contribution in [2.75, 3.05) is 44.6 Å². The van der Waals surface area contributed by atoms with E-state index in [2.05, 4.69) is 5.32 Å². The van der Waals surface area contributed by atoms with Crippen LogP contribution in [-0.4, -0.2) is 73.0 Å². The number of morpholine rings is 1. The van der Waals surface area contributed by atoms with Crippen LogP contribution in [-0.2, 0) is 14.3 Å².